The lowest BCUT2D eigenvalue weighted by atomic mass is 10.1. The molecule has 0 aliphatic rings. The van der Waals surface area contributed by atoms with Gasteiger partial charge >= 0.3 is 11.9 Å². The maximum absolute atomic E-state index is 11.6. The van der Waals surface area contributed by atoms with Crippen molar-refractivity contribution in [1.82, 2.24) is 0 Å². The van der Waals surface area contributed by atoms with E-state index < -0.39 is 11.9 Å². The number of carbonyl (C=O) groups excluding carboxylic acids is 3. The van der Waals surface area contributed by atoms with Crippen LogP contribution in [0.1, 0.15) is 31.8 Å². The molecule has 0 radical (unpaired) electrons. The van der Waals surface area contributed by atoms with Gasteiger partial charge in [-0.25, -0.2) is 14.4 Å². The van der Waals surface area contributed by atoms with Gasteiger partial charge in [0, 0.05) is 5.56 Å². The first-order valence-electron chi connectivity index (χ1n) is 7.09. The number of ether oxygens (including phenoxy) is 2. The third-order valence-electron chi connectivity index (χ3n) is 3.23. The zero-order valence-electron chi connectivity index (χ0n) is 13.5. The van der Waals surface area contributed by atoms with Crippen LogP contribution >= 0.6 is 0 Å². The van der Waals surface area contributed by atoms with Gasteiger partial charge in [-0.05, 0) is 42.5 Å². The average Bonchev–Trinajstić information content (AvgIpc) is 2.66. The largest absolute Gasteiger partial charge is 0.465 e. The molecule has 0 N–H and O–H groups in total. The molecule has 0 amide bonds. The van der Waals surface area contributed by atoms with Gasteiger partial charge in [-0.3, -0.25) is 0 Å². The molecule has 0 spiro atoms. The third kappa shape index (κ3) is 4.41. The molecule has 0 atom stereocenters. The van der Waals surface area contributed by atoms with Crippen LogP contribution in [-0.4, -0.2) is 32.2 Å². The van der Waals surface area contributed by atoms with Gasteiger partial charge in [-0.15, -0.1) is 0 Å². The first-order valence-corrected chi connectivity index (χ1v) is 7.09. The van der Waals surface area contributed by atoms with Gasteiger partial charge in [0.25, 0.3) is 0 Å². The summed E-state index contributed by atoms with van der Waals surface area (Å²) in [6.45, 7) is 0. The number of hydrogen-bond acceptors (Lipinski definition) is 6. The van der Waals surface area contributed by atoms with Crippen LogP contribution < -0.4 is 0 Å². The van der Waals surface area contributed by atoms with E-state index in [1.807, 2.05) is 0 Å². The van der Waals surface area contributed by atoms with Crippen LogP contribution in [-0.2, 0) is 14.3 Å². The Morgan fingerprint density at radius 2 is 1.48 bits per heavy atom. The van der Waals surface area contributed by atoms with Crippen LogP contribution in [0, 0.1) is 11.8 Å². The number of benzene rings is 2. The van der Waals surface area contributed by atoms with Gasteiger partial charge in [0.15, 0.2) is 0 Å². The molecular weight excluding hydrogens is 322 g/mol. The fourth-order valence-corrected chi connectivity index (χ4v) is 1.97. The summed E-state index contributed by atoms with van der Waals surface area (Å²) in [5.41, 5.74) is 2.01. The summed E-state index contributed by atoms with van der Waals surface area (Å²) in [6.07, 6.45) is 1.45. The van der Waals surface area contributed by atoms with Crippen LogP contribution in [0.4, 0.5) is 5.69 Å². The summed E-state index contributed by atoms with van der Waals surface area (Å²) in [5.74, 6) is 4.78. The predicted octanol–water partition coefficient (Wildman–Crippen LogP) is 2.63. The molecule has 2 aromatic rings. The van der Waals surface area contributed by atoms with E-state index in [9.17, 15) is 14.4 Å². The van der Waals surface area contributed by atoms with Crippen LogP contribution in [0.3, 0.4) is 0 Å². The van der Waals surface area contributed by atoms with E-state index in [-0.39, 0.29) is 5.56 Å². The van der Waals surface area contributed by atoms with E-state index >= 15 is 0 Å². The lowest BCUT2D eigenvalue weighted by Gasteiger charge is -2.02. The SMILES string of the molecule is COC(=O)c1ccc(C#Cc2cc(C(=O)OC)ccc2N=C=O)cc1. The normalized spacial score (nSPS) is 9.20. The first kappa shape index (κ1) is 17.7. The topological polar surface area (TPSA) is 82.0 Å². The molecule has 0 unspecified atom stereocenters. The zero-order chi connectivity index (χ0) is 18.2. The van der Waals surface area contributed by atoms with Crippen molar-refractivity contribution in [3.05, 3.63) is 64.7 Å². The molecule has 124 valence electrons. The molecule has 2 aromatic carbocycles. The van der Waals surface area contributed by atoms with E-state index in [0.717, 1.165) is 0 Å². The van der Waals surface area contributed by atoms with Gasteiger partial charge in [0.05, 0.1) is 36.6 Å². The highest BCUT2D eigenvalue weighted by Gasteiger charge is 2.08. The van der Waals surface area contributed by atoms with E-state index in [1.165, 1.54) is 38.5 Å². The number of nitrogens with zero attached hydrogens (tertiary/aromatic N) is 1. The van der Waals surface area contributed by atoms with Crippen LogP contribution in [0.15, 0.2) is 47.5 Å². The number of aliphatic imine (C=N–C) groups is 1. The Hall–Kier alpha value is -3.68. The minimum absolute atomic E-state index is 0.290. The average molecular weight is 335 g/mol. The maximum atomic E-state index is 11.6. The van der Waals surface area contributed by atoms with Crippen molar-refractivity contribution >= 4 is 23.7 Å². The van der Waals surface area contributed by atoms with Crippen molar-refractivity contribution in [3.8, 4) is 11.8 Å². The summed E-state index contributed by atoms with van der Waals surface area (Å²) in [5, 5.41) is 0. The second-order valence-electron chi connectivity index (χ2n) is 4.75. The Morgan fingerprint density at radius 1 is 0.880 bits per heavy atom. The summed E-state index contributed by atoms with van der Waals surface area (Å²) >= 11 is 0. The molecule has 25 heavy (non-hydrogen) atoms. The molecule has 0 saturated carbocycles. The fourth-order valence-electron chi connectivity index (χ4n) is 1.97. The monoisotopic (exact) mass is 335 g/mol. The van der Waals surface area contributed by atoms with Crippen molar-refractivity contribution in [2.75, 3.05) is 14.2 Å². The molecule has 0 aromatic heterocycles. The molecule has 0 fully saturated rings. The maximum Gasteiger partial charge on any atom is 0.337 e. The first-order chi connectivity index (χ1) is 12.1. The summed E-state index contributed by atoms with van der Waals surface area (Å²) in [6, 6.07) is 11.0. The Morgan fingerprint density at radius 3 is 2.08 bits per heavy atom. The fraction of sp³-hybridized carbons (Fsp3) is 0.105. The Balaban J connectivity index is 2.38. The van der Waals surface area contributed by atoms with Crippen LogP contribution in [0.5, 0.6) is 0 Å². The Bertz CT molecular complexity index is 913. The quantitative estimate of drug-likeness (QED) is 0.373. The highest BCUT2D eigenvalue weighted by molar-refractivity contribution is 5.91. The number of rotatable bonds is 3. The molecule has 6 nitrogen and oxygen atoms in total. The summed E-state index contributed by atoms with van der Waals surface area (Å²) in [4.78, 5) is 37.1. The predicted molar refractivity (Wildman–Crippen MR) is 89.3 cm³/mol. The Kier molecular flexibility index (Phi) is 5.83. The highest BCUT2D eigenvalue weighted by atomic mass is 16.5. The summed E-state index contributed by atoms with van der Waals surface area (Å²) < 4.78 is 9.29. The number of hydrogen-bond donors (Lipinski definition) is 0. The molecule has 2 rings (SSSR count). The van der Waals surface area contributed by atoms with Crippen molar-refractivity contribution in [2.45, 2.75) is 0 Å². The lowest BCUT2D eigenvalue weighted by molar-refractivity contribution is 0.0592. The minimum atomic E-state index is -0.521. The van der Waals surface area contributed by atoms with Gasteiger partial charge in [0.2, 0.25) is 6.08 Å². The number of carbonyl (C=O) groups is 2. The van der Waals surface area contributed by atoms with Gasteiger partial charge in [0.1, 0.15) is 0 Å². The van der Waals surface area contributed by atoms with Crippen molar-refractivity contribution < 1.29 is 23.9 Å². The molecule has 0 bridgehead atoms. The number of isocyanates is 1. The molecule has 0 aliphatic heterocycles. The molecule has 0 aliphatic carbocycles. The molecular formula is C19H13NO5. The van der Waals surface area contributed by atoms with Gasteiger partial charge in [-0.1, -0.05) is 11.8 Å². The minimum Gasteiger partial charge on any atom is -0.465 e. The molecule has 0 saturated heterocycles. The molecule has 0 heterocycles. The smallest absolute Gasteiger partial charge is 0.337 e. The zero-order valence-corrected chi connectivity index (χ0v) is 13.5. The van der Waals surface area contributed by atoms with Crippen LogP contribution in [0.25, 0.3) is 0 Å². The second-order valence-corrected chi connectivity index (χ2v) is 4.75. The van der Waals surface area contributed by atoms with E-state index in [4.69, 9.17) is 0 Å². The van der Waals surface area contributed by atoms with Gasteiger partial charge in [-0.2, -0.15) is 4.99 Å². The van der Waals surface area contributed by atoms with Crippen LogP contribution in [0.2, 0.25) is 0 Å². The lowest BCUT2D eigenvalue weighted by Crippen LogP contribution is -2.01. The summed E-state index contributed by atoms with van der Waals surface area (Å²) in [7, 11) is 2.58. The number of methoxy groups -OCH3 is 2. The molecule has 6 heteroatoms. The standard InChI is InChI=1S/C19H13NO5/c1-24-18(22)14-6-3-13(4-7-14)5-8-15-11-16(19(23)25-2)9-10-17(15)20-12-21/h3-4,6-7,9-11H,1-2H3. The van der Waals surface area contributed by atoms with E-state index in [1.54, 1.807) is 24.3 Å². The van der Waals surface area contributed by atoms with Crippen molar-refractivity contribution in [1.29, 1.82) is 0 Å². The van der Waals surface area contributed by atoms with Crippen molar-refractivity contribution in [2.24, 2.45) is 4.99 Å². The van der Waals surface area contributed by atoms with Crippen molar-refractivity contribution in [3.63, 3.8) is 0 Å². The second kappa shape index (κ2) is 8.25. The number of esters is 2. The van der Waals surface area contributed by atoms with Gasteiger partial charge < -0.3 is 9.47 Å². The third-order valence-corrected chi connectivity index (χ3v) is 3.23. The van der Waals surface area contributed by atoms with E-state index in [0.29, 0.717) is 22.4 Å². The Labute approximate surface area is 144 Å². The highest BCUT2D eigenvalue weighted by Crippen LogP contribution is 2.20. The van der Waals surface area contributed by atoms with E-state index in [2.05, 4.69) is 26.3 Å².